The summed E-state index contributed by atoms with van der Waals surface area (Å²) in [6, 6.07) is 60.1. The molecule has 51 heavy (non-hydrogen) atoms. The van der Waals surface area contributed by atoms with Crippen LogP contribution in [0, 0.1) is 6.92 Å². The van der Waals surface area contributed by atoms with Gasteiger partial charge >= 0.3 is 0 Å². The van der Waals surface area contributed by atoms with E-state index in [1.807, 2.05) is 6.07 Å². The fraction of sp³-hybridized carbons (Fsp3) is 0.0638. The second-order valence-electron chi connectivity index (χ2n) is 13.5. The fourth-order valence-corrected chi connectivity index (χ4v) is 8.18. The van der Waals surface area contributed by atoms with Gasteiger partial charge in [0.25, 0.3) is 0 Å². The third kappa shape index (κ3) is 4.60. The van der Waals surface area contributed by atoms with Crippen molar-refractivity contribution in [3.63, 3.8) is 0 Å². The summed E-state index contributed by atoms with van der Waals surface area (Å²) in [7, 11) is 0. The first kappa shape index (κ1) is 29.4. The van der Waals surface area contributed by atoms with Crippen molar-refractivity contribution in [3.8, 4) is 33.8 Å². The minimum Gasteiger partial charge on any atom is -0.457 e. The summed E-state index contributed by atoms with van der Waals surface area (Å²) in [6.07, 6.45) is -0.303. The first-order valence-corrected chi connectivity index (χ1v) is 17.4. The maximum atomic E-state index is 6.79. The molecule has 0 fully saturated rings. The molecule has 0 bridgehead atoms. The number of aliphatic imine (C=N–C) groups is 2. The molecule has 4 heteroatoms. The molecule has 7 aromatic carbocycles. The number of benzene rings is 7. The molecule has 7 aromatic rings. The van der Waals surface area contributed by atoms with E-state index >= 15 is 0 Å². The maximum Gasteiger partial charge on any atom is 0.159 e. The standard InChI is InChI=1S/C47H33N3O/c1-30-12-11-15-34(28-30)31-22-24-33(25-23-31)45-48-44(32-13-3-2-4-14-32)49-46(50-45)35-26-27-41-43(29-35)51-42-21-10-9-20-40(42)47(41)38-18-7-5-16-36(38)37-17-6-8-19-39(37)47/h2-29,44H,1H3,(H,48,49,50). The molecular weight excluding hydrogens is 623 g/mol. The summed E-state index contributed by atoms with van der Waals surface area (Å²) in [5, 5.41) is 3.62. The number of nitrogens with one attached hydrogen (secondary N) is 1. The van der Waals surface area contributed by atoms with Crippen LogP contribution in [0.25, 0.3) is 22.3 Å². The van der Waals surface area contributed by atoms with Crippen molar-refractivity contribution in [2.45, 2.75) is 18.5 Å². The second kappa shape index (κ2) is 11.5. The van der Waals surface area contributed by atoms with Gasteiger partial charge < -0.3 is 10.1 Å². The quantitative estimate of drug-likeness (QED) is 0.205. The summed E-state index contributed by atoms with van der Waals surface area (Å²) >= 11 is 0. The Morgan fingerprint density at radius 3 is 1.88 bits per heavy atom. The normalized spacial score (nSPS) is 16.1. The Labute approximate surface area is 297 Å². The van der Waals surface area contributed by atoms with Gasteiger partial charge in [0.05, 0.1) is 5.41 Å². The SMILES string of the molecule is Cc1cccc(-c2ccc(C3=NC(c4ccc5c(c4)Oc4ccccc4C54c5ccccc5-c5ccccc54)=NC(c4ccccc4)N3)cc2)c1. The van der Waals surface area contributed by atoms with E-state index in [1.165, 1.54) is 38.9 Å². The van der Waals surface area contributed by atoms with E-state index in [1.54, 1.807) is 0 Å². The zero-order valence-electron chi connectivity index (χ0n) is 28.0. The average Bonchev–Trinajstić information content (AvgIpc) is 3.49. The fourth-order valence-electron chi connectivity index (χ4n) is 8.18. The van der Waals surface area contributed by atoms with E-state index in [2.05, 4.69) is 176 Å². The number of rotatable bonds is 4. The Morgan fingerprint density at radius 1 is 0.510 bits per heavy atom. The van der Waals surface area contributed by atoms with Crippen LogP contribution in [-0.4, -0.2) is 11.7 Å². The Balaban J connectivity index is 1.12. The van der Waals surface area contributed by atoms with E-state index < -0.39 is 5.41 Å². The van der Waals surface area contributed by atoms with Gasteiger partial charge in [-0.2, -0.15) is 0 Å². The van der Waals surface area contributed by atoms with Gasteiger partial charge in [-0.15, -0.1) is 0 Å². The number of amidine groups is 2. The molecule has 4 nitrogen and oxygen atoms in total. The van der Waals surface area contributed by atoms with Gasteiger partial charge in [-0.3, -0.25) is 0 Å². The Morgan fingerprint density at radius 2 is 1.14 bits per heavy atom. The molecule has 1 N–H and O–H groups in total. The number of aryl methyl sites for hydroxylation is 1. The lowest BCUT2D eigenvalue weighted by Crippen LogP contribution is -2.34. The number of hydrogen-bond acceptors (Lipinski definition) is 4. The minimum absolute atomic E-state index is 0.303. The second-order valence-corrected chi connectivity index (χ2v) is 13.5. The average molecular weight is 656 g/mol. The molecule has 0 saturated heterocycles. The predicted octanol–water partition coefficient (Wildman–Crippen LogP) is 10.6. The lowest BCUT2D eigenvalue weighted by Gasteiger charge is -2.39. The lowest BCUT2D eigenvalue weighted by molar-refractivity contribution is 0.436. The van der Waals surface area contributed by atoms with Gasteiger partial charge in [-0.1, -0.05) is 163 Å². The molecule has 3 aliphatic rings. The number of fused-ring (bicyclic) bond motifs is 9. The van der Waals surface area contributed by atoms with Crippen molar-refractivity contribution in [2.75, 3.05) is 0 Å². The van der Waals surface area contributed by atoms with Crippen LogP contribution < -0.4 is 10.1 Å². The van der Waals surface area contributed by atoms with Gasteiger partial charge in [-0.25, -0.2) is 9.98 Å². The van der Waals surface area contributed by atoms with E-state index in [4.69, 9.17) is 14.7 Å². The van der Waals surface area contributed by atoms with E-state index in [0.717, 1.165) is 45.2 Å². The van der Waals surface area contributed by atoms with Crippen LogP contribution in [0.1, 0.15) is 50.7 Å². The molecule has 2 aliphatic heterocycles. The highest BCUT2D eigenvalue weighted by atomic mass is 16.5. The van der Waals surface area contributed by atoms with Crippen molar-refractivity contribution in [3.05, 3.63) is 214 Å². The maximum absolute atomic E-state index is 6.79. The molecule has 2 heterocycles. The van der Waals surface area contributed by atoms with Crippen molar-refractivity contribution in [2.24, 2.45) is 9.98 Å². The molecular formula is C47H33N3O. The number of para-hydroxylation sites is 1. The predicted molar refractivity (Wildman–Crippen MR) is 206 cm³/mol. The van der Waals surface area contributed by atoms with Crippen LogP contribution in [0.4, 0.5) is 0 Å². The third-order valence-electron chi connectivity index (χ3n) is 10.5. The minimum atomic E-state index is -0.508. The summed E-state index contributed by atoms with van der Waals surface area (Å²) in [5.74, 6) is 3.12. The highest BCUT2D eigenvalue weighted by Crippen LogP contribution is 2.62. The summed E-state index contributed by atoms with van der Waals surface area (Å²) < 4.78 is 6.79. The molecule has 0 aromatic heterocycles. The lowest BCUT2D eigenvalue weighted by atomic mass is 9.66. The van der Waals surface area contributed by atoms with Crippen LogP contribution in [0.3, 0.4) is 0 Å². The van der Waals surface area contributed by atoms with Crippen LogP contribution in [0.15, 0.2) is 180 Å². The number of ether oxygens (including phenoxy) is 1. The van der Waals surface area contributed by atoms with E-state index in [-0.39, 0.29) is 6.17 Å². The van der Waals surface area contributed by atoms with Gasteiger partial charge in [0.1, 0.15) is 23.5 Å². The zero-order valence-corrected chi connectivity index (χ0v) is 28.0. The zero-order chi connectivity index (χ0) is 33.9. The first-order valence-electron chi connectivity index (χ1n) is 17.4. The van der Waals surface area contributed by atoms with E-state index in [9.17, 15) is 0 Å². The highest BCUT2D eigenvalue weighted by molar-refractivity contribution is 6.13. The van der Waals surface area contributed by atoms with Crippen molar-refractivity contribution >= 4 is 11.7 Å². The Kier molecular flexibility index (Phi) is 6.65. The van der Waals surface area contributed by atoms with Gasteiger partial charge in [-0.05, 0) is 58.0 Å². The smallest absolute Gasteiger partial charge is 0.159 e. The van der Waals surface area contributed by atoms with Crippen molar-refractivity contribution in [1.82, 2.24) is 5.32 Å². The first-order chi connectivity index (χ1) is 25.2. The molecule has 0 radical (unpaired) electrons. The number of nitrogens with zero attached hydrogens (tertiary/aromatic N) is 2. The molecule has 1 aliphatic carbocycles. The van der Waals surface area contributed by atoms with Crippen molar-refractivity contribution < 1.29 is 4.74 Å². The van der Waals surface area contributed by atoms with Crippen LogP contribution in [0.2, 0.25) is 0 Å². The molecule has 10 rings (SSSR count). The third-order valence-corrected chi connectivity index (χ3v) is 10.5. The summed E-state index contributed by atoms with van der Waals surface area (Å²) in [6.45, 7) is 2.12. The van der Waals surface area contributed by atoms with Crippen LogP contribution >= 0.6 is 0 Å². The molecule has 1 spiro atoms. The van der Waals surface area contributed by atoms with Gasteiger partial charge in [0.2, 0.25) is 0 Å². The topological polar surface area (TPSA) is 46.0 Å². The van der Waals surface area contributed by atoms with Crippen molar-refractivity contribution in [1.29, 1.82) is 0 Å². The van der Waals surface area contributed by atoms with Crippen LogP contribution in [-0.2, 0) is 5.41 Å². The molecule has 1 atom stereocenters. The monoisotopic (exact) mass is 655 g/mol. The molecule has 1 unspecified atom stereocenters. The Hall–Kier alpha value is -6.52. The highest BCUT2D eigenvalue weighted by Gasteiger charge is 2.51. The number of hydrogen-bond donors (Lipinski definition) is 1. The molecule has 0 saturated carbocycles. The molecule has 242 valence electrons. The Bertz CT molecular complexity index is 2500. The summed E-state index contributed by atoms with van der Waals surface area (Å²) in [4.78, 5) is 10.4. The molecule has 0 amide bonds. The van der Waals surface area contributed by atoms with Gasteiger partial charge in [0.15, 0.2) is 5.84 Å². The van der Waals surface area contributed by atoms with E-state index in [0.29, 0.717) is 5.84 Å². The largest absolute Gasteiger partial charge is 0.457 e. The summed E-state index contributed by atoms with van der Waals surface area (Å²) in [5.41, 5.74) is 13.4. The van der Waals surface area contributed by atoms with Gasteiger partial charge in [0, 0.05) is 22.3 Å². The van der Waals surface area contributed by atoms with Crippen LogP contribution in [0.5, 0.6) is 11.5 Å².